The lowest BCUT2D eigenvalue weighted by Crippen LogP contribution is -2.54. The molecule has 0 aromatic heterocycles. The van der Waals surface area contributed by atoms with Crippen LogP contribution in [0, 0.1) is 12.3 Å². The van der Waals surface area contributed by atoms with Crippen molar-refractivity contribution in [1.29, 1.82) is 0 Å². The van der Waals surface area contributed by atoms with Crippen LogP contribution in [0.15, 0.2) is 10.2 Å². The summed E-state index contributed by atoms with van der Waals surface area (Å²) in [5, 5.41) is 8.15. The molecule has 0 saturated carbocycles. The molecule has 3 rings (SSSR count). The number of carbonyl (C=O) groups is 1. The summed E-state index contributed by atoms with van der Waals surface area (Å²) in [6.45, 7) is 3.19. The maximum Gasteiger partial charge on any atom is 0.222 e. The SMILES string of the molecule is C#CCCC1(CCC(=O)N2CCOC3(CCOC3)C2)N=N1. The van der Waals surface area contributed by atoms with Crippen molar-refractivity contribution in [2.24, 2.45) is 10.2 Å². The summed E-state index contributed by atoms with van der Waals surface area (Å²) in [4.78, 5) is 14.3. The Morgan fingerprint density at radius 3 is 2.86 bits per heavy atom. The number of nitrogens with zero attached hydrogens (tertiary/aromatic N) is 3. The Kier molecular flexibility index (Phi) is 3.96. The Bertz CT molecular complexity index is 471. The van der Waals surface area contributed by atoms with Crippen LogP contribution in [0.2, 0.25) is 0 Å². The molecule has 6 heteroatoms. The van der Waals surface area contributed by atoms with Crippen molar-refractivity contribution in [3.63, 3.8) is 0 Å². The van der Waals surface area contributed by atoms with Gasteiger partial charge in [-0.15, -0.1) is 12.3 Å². The lowest BCUT2D eigenvalue weighted by molar-refractivity contribution is -0.150. The van der Waals surface area contributed by atoms with E-state index < -0.39 is 0 Å². The van der Waals surface area contributed by atoms with Crippen LogP contribution < -0.4 is 0 Å². The monoisotopic (exact) mass is 291 g/mol. The smallest absolute Gasteiger partial charge is 0.222 e. The molecule has 21 heavy (non-hydrogen) atoms. The quantitative estimate of drug-likeness (QED) is 0.718. The van der Waals surface area contributed by atoms with Gasteiger partial charge in [-0.1, -0.05) is 0 Å². The van der Waals surface area contributed by atoms with E-state index in [-0.39, 0.29) is 17.2 Å². The molecule has 2 fully saturated rings. The van der Waals surface area contributed by atoms with Crippen molar-refractivity contribution in [2.75, 3.05) is 32.9 Å². The summed E-state index contributed by atoms with van der Waals surface area (Å²) in [6.07, 6.45) is 8.66. The molecule has 3 aliphatic rings. The molecule has 1 amide bonds. The fourth-order valence-electron chi connectivity index (χ4n) is 3.02. The van der Waals surface area contributed by atoms with E-state index in [9.17, 15) is 4.79 Å². The third-order valence-corrected chi connectivity index (χ3v) is 4.46. The average Bonchev–Trinajstić information content (AvgIpc) is 3.15. The predicted octanol–water partition coefficient (Wildman–Crippen LogP) is 1.36. The first-order chi connectivity index (χ1) is 10.2. The highest BCUT2D eigenvalue weighted by molar-refractivity contribution is 5.76. The number of carbonyl (C=O) groups excluding carboxylic acids is 1. The highest BCUT2D eigenvalue weighted by Gasteiger charge is 2.43. The summed E-state index contributed by atoms with van der Waals surface area (Å²) < 4.78 is 11.3. The Hall–Kier alpha value is -1.45. The van der Waals surface area contributed by atoms with Crippen LogP contribution in [-0.4, -0.2) is 55.0 Å². The van der Waals surface area contributed by atoms with Gasteiger partial charge in [0.05, 0.1) is 19.8 Å². The molecule has 0 bridgehead atoms. The van der Waals surface area contributed by atoms with Gasteiger partial charge in [0.2, 0.25) is 5.91 Å². The highest BCUT2D eigenvalue weighted by atomic mass is 16.6. The fraction of sp³-hybridized carbons (Fsp3) is 0.800. The largest absolute Gasteiger partial charge is 0.378 e. The molecule has 114 valence electrons. The molecule has 0 aromatic carbocycles. The predicted molar refractivity (Wildman–Crippen MR) is 75.6 cm³/mol. The molecular weight excluding hydrogens is 270 g/mol. The van der Waals surface area contributed by atoms with Gasteiger partial charge in [0.15, 0.2) is 5.66 Å². The van der Waals surface area contributed by atoms with Gasteiger partial charge >= 0.3 is 0 Å². The molecule has 0 radical (unpaired) electrons. The van der Waals surface area contributed by atoms with E-state index in [1.165, 1.54) is 0 Å². The Balaban J connectivity index is 1.48. The van der Waals surface area contributed by atoms with Gasteiger partial charge < -0.3 is 14.4 Å². The van der Waals surface area contributed by atoms with E-state index in [0.717, 1.165) is 19.4 Å². The first kappa shape index (κ1) is 14.5. The molecular formula is C15H21N3O3. The molecule has 3 aliphatic heterocycles. The highest BCUT2D eigenvalue weighted by Crippen LogP contribution is 2.38. The van der Waals surface area contributed by atoms with Gasteiger partial charge in [-0.25, -0.2) is 0 Å². The van der Waals surface area contributed by atoms with Gasteiger partial charge in [-0.05, 0) is 0 Å². The number of hydrogen-bond donors (Lipinski definition) is 0. The Labute approximate surface area is 124 Å². The van der Waals surface area contributed by atoms with E-state index in [1.54, 1.807) is 0 Å². The van der Waals surface area contributed by atoms with Gasteiger partial charge in [0.25, 0.3) is 0 Å². The van der Waals surface area contributed by atoms with Gasteiger partial charge in [-0.2, -0.15) is 10.2 Å². The van der Waals surface area contributed by atoms with Crippen molar-refractivity contribution in [3.8, 4) is 12.3 Å². The Morgan fingerprint density at radius 1 is 1.33 bits per heavy atom. The second-order valence-electron chi connectivity index (χ2n) is 6.04. The molecule has 0 N–H and O–H groups in total. The van der Waals surface area contributed by atoms with Gasteiger partial charge in [0.1, 0.15) is 5.60 Å². The molecule has 1 atom stereocenters. The van der Waals surface area contributed by atoms with Crippen LogP contribution in [0.25, 0.3) is 0 Å². The second-order valence-corrected chi connectivity index (χ2v) is 6.04. The Morgan fingerprint density at radius 2 is 2.19 bits per heavy atom. The van der Waals surface area contributed by atoms with Gasteiger partial charge in [-0.3, -0.25) is 4.79 Å². The number of terminal acetylenes is 1. The van der Waals surface area contributed by atoms with Crippen molar-refractivity contribution in [1.82, 2.24) is 4.90 Å². The zero-order chi connectivity index (χ0) is 14.8. The summed E-state index contributed by atoms with van der Waals surface area (Å²) in [5.41, 5.74) is -0.647. The molecule has 0 aliphatic carbocycles. The number of amides is 1. The lowest BCUT2D eigenvalue weighted by Gasteiger charge is -2.39. The summed E-state index contributed by atoms with van der Waals surface area (Å²) in [6, 6.07) is 0. The summed E-state index contributed by atoms with van der Waals surface area (Å²) in [7, 11) is 0. The number of rotatable bonds is 5. The minimum atomic E-state index is -0.373. The number of morpholine rings is 1. The third kappa shape index (κ3) is 3.25. The van der Waals surface area contributed by atoms with E-state index >= 15 is 0 Å². The van der Waals surface area contributed by atoms with Crippen LogP contribution in [0.3, 0.4) is 0 Å². The van der Waals surface area contributed by atoms with Crippen molar-refractivity contribution >= 4 is 5.91 Å². The maximum absolute atomic E-state index is 12.4. The summed E-state index contributed by atoms with van der Waals surface area (Å²) in [5.74, 6) is 2.76. The molecule has 2 saturated heterocycles. The van der Waals surface area contributed by atoms with Crippen molar-refractivity contribution in [2.45, 2.75) is 43.4 Å². The van der Waals surface area contributed by atoms with E-state index in [2.05, 4.69) is 16.1 Å². The van der Waals surface area contributed by atoms with Crippen molar-refractivity contribution in [3.05, 3.63) is 0 Å². The second kappa shape index (κ2) is 5.74. The van der Waals surface area contributed by atoms with E-state index in [4.69, 9.17) is 15.9 Å². The first-order valence-electron chi connectivity index (χ1n) is 7.54. The molecule has 0 aromatic rings. The lowest BCUT2D eigenvalue weighted by atomic mass is 9.99. The maximum atomic E-state index is 12.4. The zero-order valence-electron chi connectivity index (χ0n) is 12.2. The minimum Gasteiger partial charge on any atom is -0.378 e. The van der Waals surface area contributed by atoms with Crippen LogP contribution in [-0.2, 0) is 14.3 Å². The molecule has 6 nitrogen and oxygen atoms in total. The minimum absolute atomic E-state index is 0.155. The number of hydrogen-bond acceptors (Lipinski definition) is 5. The molecule has 1 spiro atoms. The number of ether oxygens (including phenoxy) is 2. The molecule has 3 heterocycles. The van der Waals surface area contributed by atoms with Crippen LogP contribution in [0.4, 0.5) is 0 Å². The normalized spacial score (nSPS) is 29.6. The van der Waals surface area contributed by atoms with Crippen LogP contribution in [0.1, 0.15) is 32.1 Å². The molecule has 1 unspecified atom stereocenters. The van der Waals surface area contributed by atoms with Crippen LogP contribution >= 0.6 is 0 Å². The standard InChI is InChI=1S/C15H21N3O3/c1-2-3-5-15(16-17-15)6-4-13(19)18-8-10-21-14(11-18)7-9-20-12-14/h1H,3-12H2. The average molecular weight is 291 g/mol. The zero-order valence-corrected chi connectivity index (χ0v) is 12.2. The third-order valence-electron chi connectivity index (χ3n) is 4.46. The summed E-state index contributed by atoms with van der Waals surface area (Å²) >= 11 is 0. The van der Waals surface area contributed by atoms with E-state index in [1.807, 2.05) is 4.90 Å². The van der Waals surface area contributed by atoms with Crippen LogP contribution in [0.5, 0.6) is 0 Å². The van der Waals surface area contributed by atoms with E-state index in [0.29, 0.717) is 45.6 Å². The fourth-order valence-corrected chi connectivity index (χ4v) is 3.02. The first-order valence-corrected chi connectivity index (χ1v) is 7.54. The topological polar surface area (TPSA) is 63.5 Å². The van der Waals surface area contributed by atoms with Crippen molar-refractivity contribution < 1.29 is 14.3 Å². The van der Waals surface area contributed by atoms with Gasteiger partial charge in [0, 0.05) is 45.3 Å².